The van der Waals surface area contributed by atoms with Crippen LogP contribution >= 0.6 is 11.3 Å². The quantitative estimate of drug-likeness (QED) is 0.640. The fraction of sp³-hybridized carbons (Fsp3) is 0.692. The molecular formula is C13H23N3S. The Bertz CT molecular complexity index is 328. The van der Waals surface area contributed by atoms with Crippen LogP contribution in [-0.4, -0.2) is 23.5 Å². The smallest absolute Gasteiger partial charge is 0.0731 e. The Labute approximate surface area is 108 Å². The van der Waals surface area contributed by atoms with Crippen molar-refractivity contribution < 1.29 is 0 Å². The van der Waals surface area contributed by atoms with E-state index in [1.54, 1.807) is 11.3 Å². The first-order chi connectivity index (χ1) is 8.16. The van der Waals surface area contributed by atoms with Gasteiger partial charge < -0.3 is 0 Å². The zero-order chi connectivity index (χ0) is 12.3. The second-order valence-corrected chi connectivity index (χ2v) is 6.30. The van der Waals surface area contributed by atoms with Crippen LogP contribution in [0.15, 0.2) is 17.5 Å². The summed E-state index contributed by atoms with van der Waals surface area (Å²) in [4.78, 5) is 3.89. The van der Waals surface area contributed by atoms with Gasteiger partial charge in [0.05, 0.1) is 6.04 Å². The first-order valence-electron chi connectivity index (χ1n) is 6.41. The number of nitrogens with zero attached hydrogens (tertiary/aromatic N) is 1. The average Bonchev–Trinajstić information content (AvgIpc) is 2.84. The molecule has 1 unspecified atom stereocenters. The second-order valence-electron chi connectivity index (χ2n) is 5.32. The number of nitrogens with one attached hydrogen (secondary N) is 1. The Morgan fingerprint density at radius 1 is 1.35 bits per heavy atom. The number of hydrogen-bond acceptors (Lipinski definition) is 4. The molecule has 0 aromatic carbocycles. The van der Waals surface area contributed by atoms with Crippen LogP contribution in [0.5, 0.6) is 0 Å². The van der Waals surface area contributed by atoms with Gasteiger partial charge in [-0.2, -0.15) is 0 Å². The van der Waals surface area contributed by atoms with Crippen LogP contribution in [0, 0.1) is 0 Å². The Kier molecular flexibility index (Phi) is 4.20. The maximum Gasteiger partial charge on any atom is 0.0731 e. The molecule has 1 fully saturated rings. The number of hydrogen-bond donors (Lipinski definition) is 2. The monoisotopic (exact) mass is 253 g/mol. The van der Waals surface area contributed by atoms with Gasteiger partial charge in [0, 0.05) is 10.4 Å². The molecule has 0 saturated carbocycles. The minimum absolute atomic E-state index is 0.0695. The maximum atomic E-state index is 5.79. The largest absolute Gasteiger partial charge is 0.296 e. The molecule has 2 rings (SSSR count). The third-order valence-corrected chi connectivity index (χ3v) is 4.81. The molecule has 1 aliphatic heterocycles. The summed E-state index contributed by atoms with van der Waals surface area (Å²) in [6.45, 7) is 6.97. The van der Waals surface area contributed by atoms with Gasteiger partial charge in [-0.15, -0.1) is 11.3 Å². The number of hydrazine groups is 1. The average molecular weight is 253 g/mol. The molecule has 0 radical (unpaired) electrons. The van der Waals surface area contributed by atoms with Gasteiger partial charge in [-0.1, -0.05) is 12.5 Å². The fourth-order valence-electron chi connectivity index (χ4n) is 2.74. The lowest BCUT2D eigenvalue weighted by Gasteiger charge is -2.45. The molecule has 0 bridgehead atoms. The van der Waals surface area contributed by atoms with Crippen LogP contribution in [0.25, 0.3) is 0 Å². The predicted molar refractivity (Wildman–Crippen MR) is 73.9 cm³/mol. The number of likely N-dealkylation sites (tertiary alicyclic amines) is 1. The van der Waals surface area contributed by atoms with E-state index in [2.05, 4.69) is 41.7 Å². The topological polar surface area (TPSA) is 41.3 Å². The first-order valence-corrected chi connectivity index (χ1v) is 7.29. The Morgan fingerprint density at radius 3 is 2.59 bits per heavy atom. The van der Waals surface area contributed by atoms with E-state index in [1.165, 1.54) is 37.2 Å². The van der Waals surface area contributed by atoms with Gasteiger partial charge in [0.2, 0.25) is 0 Å². The number of nitrogens with two attached hydrogens (primary N) is 1. The molecule has 4 heteroatoms. The van der Waals surface area contributed by atoms with E-state index < -0.39 is 0 Å². The number of thiophene rings is 1. The highest BCUT2D eigenvalue weighted by Crippen LogP contribution is 2.34. The van der Waals surface area contributed by atoms with Crippen LogP contribution in [-0.2, 0) is 0 Å². The molecule has 2 heterocycles. The van der Waals surface area contributed by atoms with Crippen LogP contribution in [0.2, 0.25) is 0 Å². The maximum absolute atomic E-state index is 5.79. The highest BCUT2D eigenvalue weighted by Gasteiger charge is 2.36. The van der Waals surface area contributed by atoms with Crippen molar-refractivity contribution in [1.82, 2.24) is 10.3 Å². The van der Waals surface area contributed by atoms with E-state index in [0.29, 0.717) is 0 Å². The standard InChI is InChI=1S/C13H23N3S/c1-13(2,16-8-4-3-5-9-16)12(15-14)11-7-6-10-17-11/h6-7,10,12,15H,3-5,8-9,14H2,1-2H3. The van der Waals surface area contributed by atoms with Crippen LogP contribution in [0.3, 0.4) is 0 Å². The summed E-state index contributed by atoms with van der Waals surface area (Å²) in [5.41, 5.74) is 3.08. The fourth-order valence-corrected chi connectivity index (χ4v) is 3.71. The van der Waals surface area contributed by atoms with E-state index in [1.807, 2.05) is 0 Å². The lowest BCUT2D eigenvalue weighted by Crippen LogP contribution is -2.55. The van der Waals surface area contributed by atoms with Crippen molar-refractivity contribution in [2.45, 2.75) is 44.7 Å². The van der Waals surface area contributed by atoms with Gasteiger partial charge in [-0.05, 0) is 51.2 Å². The van der Waals surface area contributed by atoms with E-state index in [-0.39, 0.29) is 11.6 Å². The van der Waals surface area contributed by atoms with E-state index in [9.17, 15) is 0 Å². The van der Waals surface area contributed by atoms with Gasteiger partial charge in [0.25, 0.3) is 0 Å². The molecule has 0 amide bonds. The van der Waals surface area contributed by atoms with Crippen LogP contribution in [0.1, 0.15) is 44.0 Å². The van der Waals surface area contributed by atoms with Crippen molar-refractivity contribution in [3.05, 3.63) is 22.4 Å². The Morgan fingerprint density at radius 2 is 2.06 bits per heavy atom. The highest BCUT2D eigenvalue weighted by molar-refractivity contribution is 7.10. The summed E-state index contributed by atoms with van der Waals surface area (Å²) in [5.74, 6) is 5.79. The van der Waals surface area contributed by atoms with Gasteiger partial charge in [0.1, 0.15) is 0 Å². The summed E-state index contributed by atoms with van der Waals surface area (Å²) in [6.07, 6.45) is 3.99. The third-order valence-electron chi connectivity index (χ3n) is 3.87. The van der Waals surface area contributed by atoms with Crippen molar-refractivity contribution in [2.24, 2.45) is 5.84 Å². The summed E-state index contributed by atoms with van der Waals surface area (Å²) < 4.78 is 0. The molecule has 1 saturated heterocycles. The van der Waals surface area contributed by atoms with E-state index >= 15 is 0 Å². The summed E-state index contributed by atoms with van der Waals surface area (Å²) in [5, 5.41) is 2.12. The Hall–Kier alpha value is -0.420. The van der Waals surface area contributed by atoms with E-state index in [0.717, 1.165) is 0 Å². The highest BCUT2D eigenvalue weighted by atomic mass is 32.1. The molecule has 1 aliphatic rings. The first kappa shape index (κ1) is 13.0. The molecule has 0 aliphatic carbocycles. The normalized spacial score (nSPS) is 20.4. The van der Waals surface area contributed by atoms with E-state index in [4.69, 9.17) is 5.84 Å². The molecule has 0 spiro atoms. The minimum Gasteiger partial charge on any atom is -0.296 e. The van der Waals surface area contributed by atoms with Gasteiger partial charge >= 0.3 is 0 Å². The number of piperidine rings is 1. The summed E-state index contributed by atoms with van der Waals surface area (Å²) in [6, 6.07) is 4.47. The van der Waals surface area contributed by atoms with Gasteiger partial charge in [0.15, 0.2) is 0 Å². The summed E-state index contributed by atoms with van der Waals surface area (Å²) in [7, 11) is 0. The minimum atomic E-state index is 0.0695. The third kappa shape index (κ3) is 2.71. The molecular weight excluding hydrogens is 230 g/mol. The zero-order valence-electron chi connectivity index (χ0n) is 10.8. The lowest BCUT2D eigenvalue weighted by molar-refractivity contribution is 0.0619. The van der Waals surface area contributed by atoms with Gasteiger partial charge in [-0.25, -0.2) is 0 Å². The molecule has 1 atom stereocenters. The predicted octanol–water partition coefficient (Wildman–Crippen LogP) is 2.52. The number of rotatable bonds is 4. The SMILES string of the molecule is CC(C)(C(NN)c1cccs1)N1CCCCC1. The van der Waals surface area contributed by atoms with Crippen molar-refractivity contribution in [2.75, 3.05) is 13.1 Å². The molecule has 1 aromatic heterocycles. The molecule has 3 N–H and O–H groups in total. The van der Waals surface area contributed by atoms with Crippen molar-refractivity contribution in [3.8, 4) is 0 Å². The Balaban J connectivity index is 2.16. The van der Waals surface area contributed by atoms with Crippen molar-refractivity contribution in [3.63, 3.8) is 0 Å². The van der Waals surface area contributed by atoms with Crippen LogP contribution in [0.4, 0.5) is 0 Å². The zero-order valence-corrected chi connectivity index (χ0v) is 11.6. The lowest BCUT2D eigenvalue weighted by atomic mass is 9.89. The van der Waals surface area contributed by atoms with Crippen molar-refractivity contribution in [1.29, 1.82) is 0 Å². The van der Waals surface area contributed by atoms with Gasteiger partial charge in [-0.3, -0.25) is 16.2 Å². The van der Waals surface area contributed by atoms with Crippen LogP contribution < -0.4 is 11.3 Å². The van der Waals surface area contributed by atoms with Crippen molar-refractivity contribution >= 4 is 11.3 Å². The molecule has 3 nitrogen and oxygen atoms in total. The molecule has 17 heavy (non-hydrogen) atoms. The molecule has 96 valence electrons. The summed E-state index contributed by atoms with van der Waals surface area (Å²) >= 11 is 1.78. The molecule has 1 aromatic rings. The second kappa shape index (κ2) is 5.48.